The van der Waals surface area contributed by atoms with Crippen LogP contribution in [0.2, 0.25) is 0 Å². The summed E-state index contributed by atoms with van der Waals surface area (Å²) >= 11 is 0. The van der Waals surface area contributed by atoms with E-state index in [1.165, 1.54) is 0 Å². The van der Waals surface area contributed by atoms with Gasteiger partial charge in [-0.05, 0) is 42.7 Å². The molecule has 2 aromatic rings. The van der Waals surface area contributed by atoms with Crippen LogP contribution < -0.4 is 15.5 Å². The van der Waals surface area contributed by atoms with Gasteiger partial charge in [0.15, 0.2) is 5.78 Å². The number of nitrogens with zero attached hydrogens (tertiary/aromatic N) is 2. The molecule has 1 aliphatic heterocycles. The first-order valence-corrected chi connectivity index (χ1v) is 10.1. The van der Waals surface area contributed by atoms with Gasteiger partial charge in [0.1, 0.15) is 0 Å². The highest BCUT2D eigenvalue weighted by atomic mass is 16.2. The number of carbonyl (C=O) groups is 3. The standard InChI is InChI=1S/C24H25N3O3/c1-26(2)16-12-10-15(11-13-16)18-14-22(29)27(20-8-5-9-21(28)23(18)20)19-7-4-3-6-17(19)24(25)30/h3-4,6-7,10-13,18H,5,8-9,14H2,1-2H3,(H2,25,30). The molecule has 30 heavy (non-hydrogen) atoms. The number of benzene rings is 2. The van der Waals surface area contributed by atoms with Crippen LogP contribution in [-0.4, -0.2) is 31.7 Å². The fourth-order valence-corrected chi connectivity index (χ4v) is 4.44. The van der Waals surface area contributed by atoms with Gasteiger partial charge in [-0.3, -0.25) is 19.3 Å². The summed E-state index contributed by atoms with van der Waals surface area (Å²) in [6.45, 7) is 0. The van der Waals surface area contributed by atoms with Crippen molar-refractivity contribution in [2.45, 2.75) is 31.6 Å². The van der Waals surface area contributed by atoms with Gasteiger partial charge in [-0.1, -0.05) is 24.3 Å². The van der Waals surface area contributed by atoms with Crippen LogP contribution in [-0.2, 0) is 9.59 Å². The molecule has 4 rings (SSSR count). The molecule has 0 saturated carbocycles. The Labute approximate surface area is 176 Å². The third-order valence-electron chi connectivity index (χ3n) is 5.90. The number of ketones is 1. The quantitative estimate of drug-likeness (QED) is 0.848. The van der Waals surface area contributed by atoms with Gasteiger partial charge in [0.25, 0.3) is 5.91 Å². The summed E-state index contributed by atoms with van der Waals surface area (Å²) in [6, 6.07) is 14.8. The molecule has 0 bridgehead atoms. The monoisotopic (exact) mass is 403 g/mol. The first kappa shape index (κ1) is 19.9. The highest BCUT2D eigenvalue weighted by Gasteiger charge is 2.40. The molecule has 6 heteroatoms. The zero-order valence-corrected chi connectivity index (χ0v) is 17.2. The maximum atomic E-state index is 13.3. The molecular formula is C24H25N3O3. The molecule has 1 heterocycles. The van der Waals surface area contributed by atoms with E-state index in [1.54, 1.807) is 29.2 Å². The molecule has 0 spiro atoms. The van der Waals surface area contributed by atoms with Crippen molar-refractivity contribution >= 4 is 29.0 Å². The predicted molar refractivity (Wildman–Crippen MR) is 116 cm³/mol. The molecule has 0 fully saturated rings. The Morgan fingerprint density at radius 3 is 2.40 bits per heavy atom. The minimum Gasteiger partial charge on any atom is -0.378 e. The summed E-state index contributed by atoms with van der Waals surface area (Å²) in [7, 11) is 3.94. The lowest BCUT2D eigenvalue weighted by molar-refractivity contribution is -0.119. The molecule has 6 nitrogen and oxygen atoms in total. The molecule has 0 saturated heterocycles. The number of carbonyl (C=O) groups excluding carboxylic acids is 3. The van der Waals surface area contributed by atoms with Gasteiger partial charge in [-0.15, -0.1) is 0 Å². The molecule has 2 aliphatic rings. The van der Waals surface area contributed by atoms with Crippen LogP contribution in [0, 0.1) is 0 Å². The highest BCUT2D eigenvalue weighted by Crippen LogP contribution is 2.44. The van der Waals surface area contributed by atoms with Gasteiger partial charge < -0.3 is 10.6 Å². The molecule has 1 atom stereocenters. The number of allylic oxidation sites excluding steroid dienone is 2. The highest BCUT2D eigenvalue weighted by molar-refractivity contribution is 6.10. The van der Waals surface area contributed by atoms with Crippen molar-refractivity contribution in [3.63, 3.8) is 0 Å². The van der Waals surface area contributed by atoms with Crippen molar-refractivity contribution in [3.8, 4) is 0 Å². The van der Waals surface area contributed by atoms with Crippen LogP contribution >= 0.6 is 0 Å². The molecule has 2 aromatic carbocycles. The summed E-state index contributed by atoms with van der Waals surface area (Å²) in [5.41, 5.74) is 9.71. The van der Waals surface area contributed by atoms with Crippen LogP contribution in [0.25, 0.3) is 0 Å². The van der Waals surface area contributed by atoms with Crippen molar-refractivity contribution < 1.29 is 14.4 Å². The molecule has 2 amide bonds. The number of hydrogen-bond donors (Lipinski definition) is 1. The first-order valence-electron chi connectivity index (χ1n) is 10.1. The summed E-state index contributed by atoms with van der Waals surface area (Å²) in [5, 5.41) is 0. The van der Waals surface area contributed by atoms with E-state index in [2.05, 4.69) is 0 Å². The van der Waals surface area contributed by atoms with E-state index in [0.717, 1.165) is 11.3 Å². The Balaban J connectivity index is 1.84. The van der Waals surface area contributed by atoms with E-state index in [-0.39, 0.29) is 29.6 Å². The van der Waals surface area contributed by atoms with Gasteiger partial charge >= 0.3 is 0 Å². The minimum absolute atomic E-state index is 0.0759. The fourth-order valence-electron chi connectivity index (χ4n) is 4.44. The largest absolute Gasteiger partial charge is 0.378 e. The number of primary amides is 1. The lowest BCUT2D eigenvalue weighted by Gasteiger charge is -2.39. The third-order valence-corrected chi connectivity index (χ3v) is 5.90. The SMILES string of the molecule is CN(C)c1ccc(C2CC(=O)N(c3ccccc3C(N)=O)C3=C2C(=O)CCC3)cc1. The van der Waals surface area contributed by atoms with E-state index in [4.69, 9.17) is 5.73 Å². The van der Waals surface area contributed by atoms with Crippen molar-refractivity contribution in [1.29, 1.82) is 0 Å². The molecule has 0 aromatic heterocycles. The summed E-state index contributed by atoms with van der Waals surface area (Å²) in [5.74, 6) is -0.914. The normalized spacial score (nSPS) is 19.0. The van der Waals surface area contributed by atoms with Gasteiger partial charge in [-0.25, -0.2) is 0 Å². The zero-order chi connectivity index (χ0) is 21.4. The predicted octanol–water partition coefficient (Wildman–Crippen LogP) is 3.38. The Morgan fingerprint density at radius 1 is 1.03 bits per heavy atom. The molecule has 1 unspecified atom stereocenters. The van der Waals surface area contributed by atoms with E-state index in [0.29, 0.717) is 36.2 Å². The number of amides is 2. The average molecular weight is 403 g/mol. The average Bonchev–Trinajstić information content (AvgIpc) is 2.73. The second-order valence-corrected chi connectivity index (χ2v) is 7.99. The van der Waals surface area contributed by atoms with Crippen molar-refractivity contribution in [2.24, 2.45) is 5.73 Å². The van der Waals surface area contributed by atoms with Gasteiger partial charge in [0, 0.05) is 49.8 Å². The van der Waals surface area contributed by atoms with Crippen molar-refractivity contribution in [1.82, 2.24) is 0 Å². The van der Waals surface area contributed by atoms with Crippen LogP contribution in [0.4, 0.5) is 11.4 Å². The first-order chi connectivity index (χ1) is 14.4. The van der Waals surface area contributed by atoms with Crippen LogP contribution in [0.15, 0.2) is 59.8 Å². The molecule has 1 aliphatic carbocycles. The van der Waals surface area contributed by atoms with E-state index in [9.17, 15) is 14.4 Å². The number of hydrogen-bond acceptors (Lipinski definition) is 4. The number of rotatable bonds is 4. The number of nitrogens with two attached hydrogens (primary N) is 1. The molecule has 154 valence electrons. The number of Topliss-reactive ketones (excluding diaryl/α,β-unsaturated/α-hetero) is 1. The lowest BCUT2D eigenvalue weighted by atomic mass is 9.77. The van der Waals surface area contributed by atoms with E-state index >= 15 is 0 Å². The van der Waals surface area contributed by atoms with Gasteiger partial charge in [0.2, 0.25) is 5.91 Å². The maximum absolute atomic E-state index is 13.3. The van der Waals surface area contributed by atoms with Crippen molar-refractivity contribution in [2.75, 3.05) is 23.9 Å². The van der Waals surface area contributed by atoms with Crippen LogP contribution in [0.3, 0.4) is 0 Å². The lowest BCUT2D eigenvalue weighted by Crippen LogP contribution is -2.41. The number of para-hydroxylation sites is 1. The maximum Gasteiger partial charge on any atom is 0.250 e. The minimum atomic E-state index is -0.593. The Hall–Kier alpha value is -3.41. The topological polar surface area (TPSA) is 83.7 Å². The van der Waals surface area contributed by atoms with Crippen LogP contribution in [0.5, 0.6) is 0 Å². The molecule has 2 N–H and O–H groups in total. The Bertz CT molecular complexity index is 1050. The second kappa shape index (κ2) is 7.78. The Morgan fingerprint density at radius 2 is 1.73 bits per heavy atom. The molecular weight excluding hydrogens is 378 g/mol. The van der Waals surface area contributed by atoms with E-state index < -0.39 is 5.91 Å². The summed E-state index contributed by atoms with van der Waals surface area (Å²) < 4.78 is 0. The van der Waals surface area contributed by atoms with E-state index in [1.807, 2.05) is 43.3 Å². The van der Waals surface area contributed by atoms with Crippen molar-refractivity contribution in [3.05, 3.63) is 70.9 Å². The fraction of sp³-hybridized carbons (Fsp3) is 0.292. The van der Waals surface area contributed by atoms with Gasteiger partial charge in [-0.2, -0.15) is 0 Å². The van der Waals surface area contributed by atoms with Crippen LogP contribution in [0.1, 0.15) is 47.5 Å². The third kappa shape index (κ3) is 3.38. The number of anilines is 2. The van der Waals surface area contributed by atoms with Gasteiger partial charge in [0.05, 0.1) is 11.3 Å². The Kier molecular flexibility index (Phi) is 5.16. The zero-order valence-electron chi connectivity index (χ0n) is 17.2. The summed E-state index contributed by atoms with van der Waals surface area (Å²) in [6.07, 6.45) is 1.96. The smallest absolute Gasteiger partial charge is 0.250 e. The summed E-state index contributed by atoms with van der Waals surface area (Å²) in [4.78, 5) is 41.8. The second-order valence-electron chi connectivity index (χ2n) is 7.99. The molecule has 0 radical (unpaired) electrons.